The predicted octanol–water partition coefficient (Wildman–Crippen LogP) is 2.63. The van der Waals surface area contributed by atoms with Crippen molar-refractivity contribution in [2.75, 3.05) is 13.7 Å². The highest BCUT2D eigenvalue weighted by Crippen LogP contribution is 2.28. The van der Waals surface area contributed by atoms with Crippen molar-refractivity contribution in [3.8, 4) is 11.5 Å². The lowest BCUT2D eigenvalue weighted by atomic mass is 10.1. The minimum Gasteiger partial charge on any atom is -0.508 e. The van der Waals surface area contributed by atoms with Gasteiger partial charge in [0.05, 0.1) is 7.11 Å². The maximum absolute atomic E-state index is 9.74. The second-order valence-corrected chi connectivity index (χ2v) is 3.68. The van der Waals surface area contributed by atoms with Crippen LogP contribution < -0.4 is 10.1 Å². The Morgan fingerprint density at radius 1 is 1.56 bits per heavy atom. The molecule has 88 valence electrons. The fourth-order valence-electron chi connectivity index (χ4n) is 1.52. The summed E-state index contributed by atoms with van der Waals surface area (Å²) in [6.45, 7) is 6.53. The van der Waals surface area contributed by atoms with Gasteiger partial charge in [0.2, 0.25) is 0 Å². The van der Waals surface area contributed by atoms with E-state index in [-0.39, 0.29) is 6.04 Å². The van der Waals surface area contributed by atoms with Crippen LogP contribution in [0, 0.1) is 0 Å². The summed E-state index contributed by atoms with van der Waals surface area (Å²) in [5, 5.41) is 13.0. The number of ether oxygens (including phenoxy) is 1. The zero-order valence-corrected chi connectivity index (χ0v) is 9.86. The first kappa shape index (κ1) is 12.6. The first-order valence-electron chi connectivity index (χ1n) is 5.40. The van der Waals surface area contributed by atoms with Gasteiger partial charge in [0.25, 0.3) is 0 Å². The van der Waals surface area contributed by atoms with E-state index in [1.54, 1.807) is 19.2 Å². The van der Waals surface area contributed by atoms with E-state index in [1.165, 1.54) is 0 Å². The van der Waals surface area contributed by atoms with E-state index in [0.29, 0.717) is 5.75 Å². The first-order chi connectivity index (χ1) is 7.69. The zero-order valence-electron chi connectivity index (χ0n) is 9.86. The van der Waals surface area contributed by atoms with Gasteiger partial charge in [0, 0.05) is 11.6 Å². The van der Waals surface area contributed by atoms with Gasteiger partial charge >= 0.3 is 0 Å². The molecule has 0 saturated heterocycles. The lowest BCUT2D eigenvalue weighted by Gasteiger charge is -2.16. The van der Waals surface area contributed by atoms with Crippen LogP contribution in [0.15, 0.2) is 30.9 Å². The standard InChI is InChI=1S/C13H19NO2/c1-4-5-8-14-10(2)12-9-11(16-3)6-7-13(12)15/h4,6-7,9-10,14-15H,1,5,8H2,2-3H3. The maximum atomic E-state index is 9.74. The van der Waals surface area contributed by atoms with Crippen molar-refractivity contribution in [1.29, 1.82) is 0 Å². The van der Waals surface area contributed by atoms with E-state index >= 15 is 0 Å². The molecule has 1 unspecified atom stereocenters. The monoisotopic (exact) mass is 221 g/mol. The van der Waals surface area contributed by atoms with Crippen LogP contribution in [-0.4, -0.2) is 18.8 Å². The summed E-state index contributed by atoms with van der Waals surface area (Å²) in [5.74, 6) is 1.05. The molecule has 0 radical (unpaired) electrons. The van der Waals surface area contributed by atoms with Crippen molar-refractivity contribution < 1.29 is 9.84 Å². The molecule has 3 heteroatoms. The molecule has 3 nitrogen and oxygen atoms in total. The van der Waals surface area contributed by atoms with Crippen LogP contribution in [0.3, 0.4) is 0 Å². The van der Waals surface area contributed by atoms with E-state index in [4.69, 9.17) is 4.74 Å². The molecule has 0 bridgehead atoms. The minimum atomic E-state index is 0.0926. The van der Waals surface area contributed by atoms with Gasteiger partial charge in [-0.2, -0.15) is 0 Å². The normalized spacial score (nSPS) is 12.1. The van der Waals surface area contributed by atoms with Crippen molar-refractivity contribution in [3.05, 3.63) is 36.4 Å². The molecule has 0 heterocycles. The molecule has 0 aliphatic rings. The summed E-state index contributed by atoms with van der Waals surface area (Å²) in [6, 6.07) is 5.34. The molecule has 0 spiro atoms. The van der Waals surface area contributed by atoms with Crippen LogP contribution in [0.5, 0.6) is 11.5 Å². The number of hydrogen-bond acceptors (Lipinski definition) is 3. The van der Waals surface area contributed by atoms with E-state index in [1.807, 2.05) is 19.1 Å². The zero-order chi connectivity index (χ0) is 12.0. The third kappa shape index (κ3) is 3.28. The van der Waals surface area contributed by atoms with Crippen LogP contribution in [0.25, 0.3) is 0 Å². The lowest BCUT2D eigenvalue weighted by molar-refractivity contribution is 0.408. The molecule has 1 rings (SSSR count). The number of rotatable bonds is 6. The van der Waals surface area contributed by atoms with Crippen molar-refractivity contribution in [2.45, 2.75) is 19.4 Å². The number of aromatic hydroxyl groups is 1. The van der Waals surface area contributed by atoms with Gasteiger partial charge in [-0.3, -0.25) is 0 Å². The second-order valence-electron chi connectivity index (χ2n) is 3.68. The molecule has 1 aromatic carbocycles. The van der Waals surface area contributed by atoms with E-state index in [9.17, 15) is 5.11 Å². The average Bonchev–Trinajstić information content (AvgIpc) is 2.30. The van der Waals surface area contributed by atoms with Crippen LogP contribution >= 0.6 is 0 Å². The van der Waals surface area contributed by atoms with E-state index < -0.39 is 0 Å². The van der Waals surface area contributed by atoms with Crippen LogP contribution in [-0.2, 0) is 0 Å². The Balaban J connectivity index is 2.72. The minimum absolute atomic E-state index is 0.0926. The van der Waals surface area contributed by atoms with Crippen LogP contribution in [0.2, 0.25) is 0 Å². The summed E-state index contributed by atoms with van der Waals surface area (Å²) in [6.07, 6.45) is 2.78. The van der Waals surface area contributed by atoms with E-state index in [0.717, 1.165) is 24.3 Å². The summed E-state index contributed by atoms with van der Waals surface area (Å²) in [4.78, 5) is 0. The van der Waals surface area contributed by atoms with Crippen molar-refractivity contribution >= 4 is 0 Å². The summed E-state index contributed by atoms with van der Waals surface area (Å²) >= 11 is 0. The molecule has 0 aliphatic heterocycles. The van der Waals surface area contributed by atoms with Gasteiger partial charge in [0.1, 0.15) is 11.5 Å². The molecule has 0 aromatic heterocycles. The molecule has 0 aliphatic carbocycles. The van der Waals surface area contributed by atoms with E-state index in [2.05, 4.69) is 11.9 Å². The maximum Gasteiger partial charge on any atom is 0.120 e. The Bertz CT molecular complexity index is 350. The van der Waals surface area contributed by atoms with Crippen molar-refractivity contribution in [1.82, 2.24) is 5.32 Å². The molecule has 0 fully saturated rings. The highest BCUT2D eigenvalue weighted by Gasteiger charge is 2.10. The smallest absolute Gasteiger partial charge is 0.120 e. The molecular formula is C13H19NO2. The topological polar surface area (TPSA) is 41.5 Å². The van der Waals surface area contributed by atoms with Gasteiger partial charge in [-0.25, -0.2) is 0 Å². The third-order valence-corrected chi connectivity index (χ3v) is 2.50. The molecule has 1 atom stereocenters. The molecule has 16 heavy (non-hydrogen) atoms. The summed E-state index contributed by atoms with van der Waals surface area (Å²) in [7, 11) is 1.62. The summed E-state index contributed by atoms with van der Waals surface area (Å²) < 4.78 is 5.13. The average molecular weight is 221 g/mol. The fourth-order valence-corrected chi connectivity index (χ4v) is 1.52. The molecular weight excluding hydrogens is 202 g/mol. The second kappa shape index (κ2) is 6.18. The van der Waals surface area contributed by atoms with Crippen molar-refractivity contribution in [2.24, 2.45) is 0 Å². The Kier molecular flexibility index (Phi) is 4.86. The number of hydrogen-bond donors (Lipinski definition) is 2. The number of phenolic OH excluding ortho intramolecular Hbond substituents is 1. The van der Waals surface area contributed by atoms with Crippen LogP contribution in [0.1, 0.15) is 24.9 Å². The van der Waals surface area contributed by atoms with Gasteiger partial charge in [-0.1, -0.05) is 6.08 Å². The largest absolute Gasteiger partial charge is 0.508 e. The number of phenols is 1. The number of methoxy groups -OCH3 is 1. The third-order valence-electron chi connectivity index (χ3n) is 2.50. The quantitative estimate of drug-likeness (QED) is 0.573. The lowest BCUT2D eigenvalue weighted by Crippen LogP contribution is -2.19. The molecule has 1 aromatic rings. The molecule has 0 amide bonds. The number of nitrogens with one attached hydrogen (secondary N) is 1. The number of benzene rings is 1. The van der Waals surface area contributed by atoms with Crippen molar-refractivity contribution in [3.63, 3.8) is 0 Å². The molecule has 2 N–H and O–H groups in total. The highest BCUT2D eigenvalue weighted by molar-refractivity contribution is 5.41. The summed E-state index contributed by atoms with van der Waals surface area (Å²) in [5.41, 5.74) is 0.850. The Morgan fingerprint density at radius 2 is 2.31 bits per heavy atom. The van der Waals surface area contributed by atoms with Crippen LogP contribution in [0.4, 0.5) is 0 Å². The van der Waals surface area contributed by atoms with Gasteiger partial charge in [0.15, 0.2) is 0 Å². The Morgan fingerprint density at radius 3 is 2.94 bits per heavy atom. The fraction of sp³-hybridized carbons (Fsp3) is 0.385. The Hall–Kier alpha value is -1.48. The van der Waals surface area contributed by atoms with Gasteiger partial charge < -0.3 is 15.2 Å². The van der Waals surface area contributed by atoms with Gasteiger partial charge in [-0.15, -0.1) is 6.58 Å². The van der Waals surface area contributed by atoms with Gasteiger partial charge in [-0.05, 0) is 38.1 Å². The molecule has 0 saturated carbocycles. The SMILES string of the molecule is C=CCCNC(C)c1cc(OC)ccc1O. The highest BCUT2D eigenvalue weighted by atomic mass is 16.5. The predicted molar refractivity (Wildman–Crippen MR) is 65.9 cm³/mol. The first-order valence-corrected chi connectivity index (χ1v) is 5.40. The Labute approximate surface area is 96.8 Å².